The molecule has 2 aromatic rings. The molecule has 1 saturated heterocycles. The van der Waals surface area contributed by atoms with Crippen molar-refractivity contribution in [3.63, 3.8) is 0 Å². The minimum absolute atomic E-state index is 0.204. The molecule has 1 N–H and O–H groups in total. The maximum absolute atomic E-state index is 5.89. The molecule has 1 atom stereocenters. The summed E-state index contributed by atoms with van der Waals surface area (Å²) in [6, 6.07) is 7.97. The number of ether oxygens (including phenoxy) is 1. The summed E-state index contributed by atoms with van der Waals surface area (Å²) in [5.74, 6) is 1.54. The quantitative estimate of drug-likeness (QED) is 0.919. The van der Waals surface area contributed by atoms with Gasteiger partial charge in [-0.2, -0.15) is 0 Å². The molecule has 0 saturated carbocycles. The van der Waals surface area contributed by atoms with E-state index in [9.17, 15) is 0 Å². The third-order valence-electron chi connectivity index (χ3n) is 4.09. The van der Waals surface area contributed by atoms with E-state index in [0.717, 1.165) is 55.3 Å². The molecular weight excluding hydrogens is 288 g/mol. The molecule has 2 heterocycles. The average Bonchev–Trinajstić information content (AvgIpc) is 2.52. The molecule has 3 rings (SSSR count). The molecule has 1 aromatic carbocycles. The van der Waals surface area contributed by atoms with E-state index < -0.39 is 0 Å². The topological polar surface area (TPSA) is 50.3 Å². The number of nitrogens with zero attached hydrogens (tertiary/aromatic N) is 3. The van der Waals surface area contributed by atoms with E-state index >= 15 is 0 Å². The van der Waals surface area contributed by atoms with E-state index in [2.05, 4.69) is 34.0 Å². The highest BCUT2D eigenvalue weighted by Crippen LogP contribution is 2.16. The van der Waals surface area contributed by atoms with Crippen LogP contribution in [0.5, 0.6) is 0 Å². The van der Waals surface area contributed by atoms with E-state index in [4.69, 9.17) is 4.74 Å². The van der Waals surface area contributed by atoms with Crippen LogP contribution in [-0.4, -0.2) is 53.8 Å². The van der Waals surface area contributed by atoms with Crippen LogP contribution in [0, 0.1) is 12.8 Å². The number of morpholine rings is 1. The fraction of sp³-hybridized carbons (Fsp3) is 0.556. The molecule has 0 aliphatic carbocycles. The van der Waals surface area contributed by atoms with Crippen LogP contribution in [0.4, 0.5) is 5.82 Å². The minimum atomic E-state index is 0.204. The highest BCUT2D eigenvalue weighted by atomic mass is 16.5. The number of aryl methyl sites for hydroxylation is 1. The molecule has 0 radical (unpaired) electrons. The molecule has 0 bridgehead atoms. The van der Waals surface area contributed by atoms with Crippen molar-refractivity contribution >= 4 is 16.9 Å². The Morgan fingerprint density at radius 3 is 2.74 bits per heavy atom. The molecule has 5 heteroatoms. The highest BCUT2D eigenvalue weighted by molar-refractivity contribution is 5.76. The maximum atomic E-state index is 5.89. The van der Waals surface area contributed by atoms with Gasteiger partial charge in [0.15, 0.2) is 0 Å². The number of aromatic nitrogens is 2. The zero-order valence-corrected chi connectivity index (χ0v) is 14.2. The Kier molecular flexibility index (Phi) is 5.08. The van der Waals surface area contributed by atoms with Gasteiger partial charge in [0.2, 0.25) is 0 Å². The van der Waals surface area contributed by atoms with Crippen molar-refractivity contribution in [3.05, 3.63) is 30.0 Å². The number of hydrogen-bond donors (Lipinski definition) is 1. The van der Waals surface area contributed by atoms with Crippen molar-refractivity contribution in [2.45, 2.75) is 26.9 Å². The van der Waals surface area contributed by atoms with E-state index in [0.29, 0.717) is 5.92 Å². The third-order valence-corrected chi connectivity index (χ3v) is 4.09. The number of benzene rings is 1. The van der Waals surface area contributed by atoms with Crippen molar-refractivity contribution in [1.29, 1.82) is 0 Å². The Labute approximate surface area is 138 Å². The lowest BCUT2D eigenvalue weighted by Gasteiger charge is -2.34. The van der Waals surface area contributed by atoms with Crippen molar-refractivity contribution in [3.8, 4) is 0 Å². The Hall–Kier alpha value is -1.72. The van der Waals surface area contributed by atoms with Gasteiger partial charge in [0.05, 0.1) is 29.4 Å². The Morgan fingerprint density at radius 1 is 1.26 bits per heavy atom. The second-order valence-electron chi connectivity index (χ2n) is 6.67. The molecule has 1 aromatic heterocycles. The van der Waals surface area contributed by atoms with Gasteiger partial charge in [-0.15, -0.1) is 0 Å². The molecule has 1 aliphatic rings. The fourth-order valence-corrected chi connectivity index (χ4v) is 3.05. The summed E-state index contributed by atoms with van der Waals surface area (Å²) in [4.78, 5) is 11.8. The normalized spacial score (nSPS) is 19.4. The van der Waals surface area contributed by atoms with Crippen molar-refractivity contribution < 1.29 is 4.74 Å². The van der Waals surface area contributed by atoms with Gasteiger partial charge in [0.1, 0.15) is 5.82 Å². The van der Waals surface area contributed by atoms with Gasteiger partial charge in [-0.1, -0.05) is 26.0 Å². The van der Waals surface area contributed by atoms with E-state index in [-0.39, 0.29) is 6.10 Å². The second-order valence-corrected chi connectivity index (χ2v) is 6.67. The van der Waals surface area contributed by atoms with Gasteiger partial charge >= 0.3 is 0 Å². The smallest absolute Gasteiger partial charge is 0.148 e. The summed E-state index contributed by atoms with van der Waals surface area (Å²) in [6.07, 6.45) is 0.204. The molecule has 23 heavy (non-hydrogen) atoms. The van der Waals surface area contributed by atoms with E-state index in [1.165, 1.54) is 0 Å². The third kappa shape index (κ3) is 4.18. The van der Waals surface area contributed by atoms with Crippen LogP contribution in [0.15, 0.2) is 24.3 Å². The highest BCUT2D eigenvalue weighted by Gasteiger charge is 2.21. The fourth-order valence-electron chi connectivity index (χ4n) is 3.05. The summed E-state index contributed by atoms with van der Waals surface area (Å²) in [6.45, 7) is 11.2. The van der Waals surface area contributed by atoms with Gasteiger partial charge in [0.25, 0.3) is 0 Å². The molecule has 5 nitrogen and oxygen atoms in total. The van der Waals surface area contributed by atoms with Crippen LogP contribution in [0.2, 0.25) is 0 Å². The first-order chi connectivity index (χ1) is 11.1. The Balaban J connectivity index is 1.62. The summed E-state index contributed by atoms with van der Waals surface area (Å²) in [5.41, 5.74) is 2.79. The van der Waals surface area contributed by atoms with Crippen LogP contribution in [0.3, 0.4) is 0 Å². The monoisotopic (exact) mass is 314 g/mol. The predicted octanol–water partition coefficient (Wildman–Crippen LogP) is 2.71. The zero-order chi connectivity index (χ0) is 16.2. The lowest BCUT2D eigenvalue weighted by Crippen LogP contribution is -2.46. The predicted molar refractivity (Wildman–Crippen MR) is 93.8 cm³/mol. The van der Waals surface area contributed by atoms with Crippen molar-refractivity contribution in [2.24, 2.45) is 5.92 Å². The minimum Gasteiger partial charge on any atom is -0.374 e. The molecule has 124 valence electrons. The first-order valence-corrected chi connectivity index (χ1v) is 8.43. The zero-order valence-electron chi connectivity index (χ0n) is 14.2. The number of anilines is 1. The Morgan fingerprint density at radius 2 is 2.00 bits per heavy atom. The van der Waals surface area contributed by atoms with E-state index in [1.807, 2.05) is 31.2 Å². The van der Waals surface area contributed by atoms with Crippen LogP contribution in [-0.2, 0) is 4.74 Å². The number of fused-ring (bicyclic) bond motifs is 1. The van der Waals surface area contributed by atoms with Gasteiger partial charge < -0.3 is 10.1 Å². The first kappa shape index (κ1) is 16.1. The molecular formula is C18H26N4O. The molecule has 1 unspecified atom stereocenters. The van der Waals surface area contributed by atoms with Crippen molar-refractivity contribution in [2.75, 3.05) is 38.1 Å². The van der Waals surface area contributed by atoms with Gasteiger partial charge in [-0.25, -0.2) is 9.97 Å². The summed E-state index contributed by atoms with van der Waals surface area (Å²) >= 11 is 0. The van der Waals surface area contributed by atoms with Crippen LogP contribution in [0.1, 0.15) is 19.5 Å². The van der Waals surface area contributed by atoms with E-state index in [1.54, 1.807) is 0 Å². The lowest BCUT2D eigenvalue weighted by atomic mass is 10.2. The standard InChI is InChI=1S/C18H26N4O/c1-13(2)11-22-8-9-23-15(12-22)10-19-18-14(3)20-16-6-4-5-7-17(16)21-18/h4-7,13,15H,8-12H2,1-3H3,(H,19,21). The SMILES string of the molecule is Cc1nc2ccccc2nc1NCC1CN(CC(C)C)CCO1. The van der Waals surface area contributed by atoms with Crippen LogP contribution in [0.25, 0.3) is 11.0 Å². The average molecular weight is 314 g/mol. The summed E-state index contributed by atoms with van der Waals surface area (Å²) < 4.78 is 5.89. The largest absolute Gasteiger partial charge is 0.374 e. The maximum Gasteiger partial charge on any atom is 0.148 e. The molecule has 1 aliphatic heterocycles. The Bertz CT molecular complexity index is 659. The van der Waals surface area contributed by atoms with Crippen LogP contribution >= 0.6 is 0 Å². The second kappa shape index (κ2) is 7.23. The lowest BCUT2D eigenvalue weighted by molar-refractivity contribution is -0.0244. The summed E-state index contributed by atoms with van der Waals surface area (Å²) in [7, 11) is 0. The molecule has 0 spiro atoms. The number of nitrogens with one attached hydrogen (secondary N) is 1. The molecule has 1 fully saturated rings. The van der Waals surface area contributed by atoms with Crippen LogP contribution < -0.4 is 5.32 Å². The van der Waals surface area contributed by atoms with Gasteiger partial charge in [-0.3, -0.25) is 4.90 Å². The van der Waals surface area contributed by atoms with Gasteiger partial charge in [0, 0.05) is 26.2 Å². The number of rotatable bonds is 5. The molecule has 0 amide bonds. The first-order valence-electron chi connectivity index (χ1n) is 8.43. The van der Waals surface area contributed by atoms with Gasteiger partial charge in [-0.05, 0) is 25.0 Å². The number of hydrogen-bond acceptors (Lipinski definition) is 5. The number of para-hydroxylation sites is 2. The van der Waals surface area contributed by atoms with Crippen molar-refractivity contribution in [1.82, 2.24) is 14.9 Å². The summed E-state index contributed by atoms with van der Waals surface area (Å²) in [5, 5.41) is 3.42.